The summed E-state index contributed by atoms with van der Waals surface area (Å²) in [7, 11) is 0. The second-order valence-electron chi connectivity index (χ2n) is 7.45. The number of rotatable bonds is 4. The van der Waals surface area contributed by atoms with E-state index in [4.69, 9.17) is 16.3 Å². The van der Waals surface area contributed by atoms with Crippen molar-refractivity contribution in [1.29, 1.82) is 0 Å². The van der Waals surface area contributed by atoms with Crippen molar-refractivity contribution in [2.24, 2.45) is 0 Å². The predicted molar refractivity (Wildman–Crippen MR) is 95.6 cm³/mol. The highest BCUT2D eigenvalue weighted by Gasteiger charge is 2.51. The first-order chi connectivity index (χ1) is 11.6. The van der Waals surface area contributed by atoms with Gasteiger partial charge in [-0.05, 0) is 52.2 Å². The number of hydrogen-bond donors (Lipinski definition) is 0. The smallest absolute Gasteiger partial charge is 0.417 e. The minimum absolute atomic E-state index is 0.00468. The molecule has 25 heavy (non-hydrogen) atoms. The predicted octanol–water partition coefficient (Wildman–Crippen LogP) is 4.11. The lowest BCUT2D eigenvalue weighted by atomic mass is 9.75. The zero-order valence-electron chi connectivity index (χ0n) is 15.1. The Morgan fingerprint density at radius 1 is 1.28 bits per heavy atom. The molecule has 1 fully saturated rings. The average Bonchev–Trinajstić information content (AvgIpc) is 2.82. The van der Waals surface area contributed by atoms with Crippen molar-refractivity contribution in [3.05, 3.63) is 34.9 Å². The van der Waals surface area contributed by atoms with Gasteiger partial charge in [-0.3, -0.25) is 4.79 Å². The Morgan fingerprint density at radius 3 is 2.48 bits per heavy atom. The number of hydrogen-bond acceptors (Lipinski definition) is 4. The van der Waals surface area contributed by atoms with E-state index in [9.17, 15) is 14.4 Å². The van der Waals surface area contributed by atoms with Gasteiger partial charge in [0.1, 0.15) is 11.4 Å². The molecule has 0 aromatic heterocycles. The Balaban J connectivity index is 2.38. The largest absolute Gasteiger partial charge is 0.443 e. The molecule has 1 aliphatic rings. The number of ether oxygens (including phenoxy) is 1. The lowest BCUT2D eigenvalue weighted by Gasteiger charge is -2.29. The van der Waals surface area contributed by atoms with Crippen LogP contribution in [0.2, 0.25) is 5.02 Å². The minimum Gasteiger partial charge on any atom is -0.443 e. The third-order valence-electron chi connectivity index (χ3n) is 4.32. The number of carbonyl (C=O) groups excluding carboxylic acids is 3. The summed E-state index contributed by atoms with van der Waals surface area (Å²) in [6.07, 6.45) is 0.333. The van der Waals surface area contributed by atoms with Crippen molar-refractivity contribution in [2.45, 2.75) is 58.0 Å². The SMILES string of the molecule is CC(=O)CC[C@]1(c2ccccc2Cl)CCN(C(=O)OC(C)(C)C)C1=O. The van der Waals surface area contributed by atoms with Gasteiger partial charge in [-0.25, -0.2) is 9.69 Å². The third-order valence-corrected chi connectivity index (χ3v) is 4.65. The molecule has 0 unspecified atom stereocenters. The number of ketones is 1. The fourth-order valence-corrected chi connectivity index (χ4v) is 3.43. The quantitative estimate of drug-likeness (QED) is 0.805. The van der Waals surface area contributed by atoms with E-state index >= 15 is 0 Å². The molecule has 1 aromatic rings. The van der Waals surface area contributed by atoms with E-state index < -0.39 is 17.1 Å². The maximum Gasteiger partial charge on any atom is 0.417 e. The Hall–Kier alpha value is -1.88. The summed E-state index contributed by atoms with van der Waals surface area (Å²) < 4.78 is 5.34. The molecule has 0 spiro atoms. The van der Waals surface area contributed by atoms with Crippen LogP contribution in [-0.2, 0) is 19.7 Å². The highest BCUT2D eigenvalue weighted by atomic mass is 35.5. The van der Waals surface area contributed by atoms with Crippen molar-refractivity contribution in [2.75, 3.05) is 6.54 Å². The second-order valence-corrected chi connectivity index (χ2v) is 7.86. The number of Topliss-reactive ketones (excluding diaryl/α,β-unsaturated/α-hetero) is 1. The first kappa shape index (κ1) is 19.4. The molecule has 0 aliphatic carbocycles. The minimum atomic E-state index is -0.971. The summed E-state index contributed by atoms with van der Waals surface area (Å²) in [4.78, 5) is 38.2. The topological polar surface area (TPSA) is 63.7 Å². The van der Waals surface area contributed by atoms with Crippen LogP contribution in [0.1, 0.15) is 52.5 Å². The van der Waals surface area contributed by atoms with Crippen LogP contribution in [0.4, 0.5) is 4.79 Å². The van der Waals surface area contributed by atoms with Gasteiger partial charge in [-0.1, -0.05) is 29.8 Å². The van der Waals surface area contributed by atoms with Crippen molar-refractivity contribution in [3.63, 3.8) is 0 Å². The molecule has 0 saturated carbocycles. The maximum absolute atomic E-state index is 13.2. The molecule has 1 atom stereocenters. The zero-order chi connectivity index (χ0) is 18.8. The van der Waals surface area contributed by atoms with Gasteiger partial charge in [0.2, 0.25) is 5.91 Å². The van der Waals surface area contributed by atoms with Crippen LogP contribution in [-0.4, -0.2) is 34.8 Å². The average molecular weight is 366 g/mol. The Bertz CT molecular complexity index is 695. The molecular weight excluding hydrogens is 342 g/mol. The van der Waals surface area contributed by atoms with Crippen LogP contribution >= 0.6 is 11.6 Å². The van der Waals surface area contributed by atoms with Gasteiger partial charge in [-0.2, -0.15) is 0 Å². The lowest BCUT2D eigenvalue weighted by molar-refractivity contribution is -0.132. The molecule has 1 saturated heterocycles. The van der Waals surface area contributed by atoms with Gasteiger partial charge >= 0.3 is 6.09 Å². The van der Waals surface area contributed by atoms with Crippen molar-refractivity contribution in [1.82, 2.24) is 4.90 Å². The number of likely N-dealkylation sites (tertiary alicyclic amines) is 1. The van der Waals surface area contributed by atoms with E-state index in [-0.39, 0.29) is 24.7 Å². The lowest BCUT2D eigenvalue weighted by Crippen LogP contribution is -2.43. The molecule has 1 aliphatic heterocycles. The number of nitrogens with zero attached hydrogens (tertiary/aromatic N) is 1. The van der Waals surface area contributed by atoms with Crippen molar-refractivity contribution in [3.8, 4) is 0 Å². The molecule has 0 N–H and O–H groups in total. The number of imide groups is 1. The zero-order valence-corrected chi connectivity index (χ0v) is 15.9. The standard InChI is InChI=1S/C19H24ClNO4/c1-13(22)9-10-19(14-7-5-6-8-15(14)20)11-12-21(16(19)23)17(24)25-18(2,3)4/h5-8H,9-12H2,1-4H3/t19-/m1/s1. The normalized spacial score (nSPS) is 20.7. The molecule has 1 aromatic carbocycles. The number of benzene rings is 1. The van der Waals surface area contributed by atoms with Crippen LogP contribution in [0.25, 0.3) is 0 Å². The maximum atomic E-state index is 13.2. The first-order valence-corrected chi connectivity index (χ1v) is 8.74. The summed E-state index contributed by atoms with van der Waals surface area (Å²) in [5.41, 5.74) is -0.998. The van der Waals surface area contributed by atoms with Gasteiger partial charge in [0.15, 0.2) is 0 Å². The molecule has 5 nitrogen and oxygen atoms in total. The fraction of sp³-hybridized carbons (Fsp3) is 0.526. The molecule has 136 valence electrons. The number of carbonyl (C=O) groups is 3. The summed E-state index contributed by atoms with van der Waals surface area (Å²) in [6, 6.07) is 7.10. The first-order valence-electron chi connectivity index (χ1n) is 8.36. The summed E-state index contributed by atoms with van der Waals surface area (Å²) in [6.45, 7) is 7.00. The molecule has 6 heteroatoms. The van der Waals surface area contributed by atoms with Crippen LogP contribution in [0.15, 0.2) is 24.3 Å². The fourth-order valence-electron chi connectivity index (χ4n) is 3.12. The van der Waals surface area contributed by atoms with Gasteiger partial charge in [0.05, 0.1) is 5.41 Å². The summed E-state index contributed by atoms with van der Waals surface area (Å²) in [5, 5.41) is 0.463. The molecule has 2 rings (SSSR count). The van der Waals surface area contributed by atoms with E-state index in [0.29, 0.717) is 23.4 Å². The highest BCUT2D eigenvalue weighted by Crippen LogP contribution is 2.43. The summed E-state index contributed by atoms with van der Waals surface area (Å²) >= 11 is 6.34. The molecule has 0 radical (unpaired) electrons. The van der Waals surface area contributed by atoms with Crippen molar-refractivity contribution < 1.29 is 19.1 Å². The molecule has 2 amide bonds. The molecule has 0 bridgehead atoms. The third kappa shape index (κ3) is 4.21. The highest BCUT2D eigenvalue weighted by molar-refractivity contribution is 6.31. The van der Waals surface area contributed by atoms with Crippen molar-refractivity contribution >= 4 is 29.4 Å². The van der Waals surface area contributed by atoms with Crippen LogP contribution in [0, 0.1) is 0 Å². The Kier molecular flexibility index (Phi) is 5.57. The van der Waals surface area contributed by atoms with Crippen LogP contribution in [0.5, 0.6) is 0 Å². The molecular formula is C19H24ClNO4. The van der Waals surface area contributed by atoms with Gasteiger partial charge in [-0.15, -0.1) is 0 Å². The van der Waals surface area contributed by atoms with E-state index in [1.54, 1.807) is 45.0 Å². The monoisotopic (exact) mass is 365 g/mol. The number of amides is 2. The van der Waals surface area contributed by atoms with Gasteiger partial charge < -0.3 is 9.53 Å². The summed E-state index contributed by atoms with van der Waals surface area (Å²) in [5.74, 6) is -0.356. The van der Waals surface area contributed by atoms with E-state index in [1.807, 2.05) is 0 Å². The van der Waals surface area contributed by atoms with E-state index in [2.05, 4.69) is 0 Å². The van der Waals surface area contributed by atoms with Crippen LogP contribution < -0.4 is 0 Å². The number of halogens is 1. The Labute approximate surface area is 153 Å². The second kappa shape index (κ2) is 7.16. The van der Waals surface area contributed by atoms with Gasteiger partial charge in [0.25, 0.3) is 0 Å². The van der Waals surface area contributed by atoms with E-state index in [0.717, 1.165) is 4.90 Å². The van der Waals surface area contributed by atoms with E-state index in [1.165, 1.54) is 6.92 Å². The van der Waals surface area contributed by atoms with Crippen LogP contribution in [0.3, 0.4) is 0 Å². The van der Waals surface area contributed by atoms with Gasteiger partial charge in [0, 0.05) is 18.0 Å². The Morgan fingerprint density at radius 2 is 1.92 bits per heavy atom. The molecule has 1 heterocycles.